The molecule has 8 heteroatoms. The van der Waals surface area contributed by atoms with Crippen LogP contribution < -0.4 is 4.90 Å². The Labute approximate surface area is 183 Å². The van der Waals surface area contributed by atoms with Crippen molar-refractivity contribution in [1.82, 2.24) is 18.8 Å². The Bertz CT molecular complexity index is 1160. The third kappa shape index (κ3) is 3.72. The molecule has 4 heterocycles. The van der Waals surface area contributed by atoms with Gasteiger partial charge in [-0.1, -0.05) is 19.1 Å². The van der Waals surface area contributed by atoms with E-state index in [-0.39, 0.29) is 0 Å². The molecule has 0 saturated carbocycles. The van der Waals surface area contributed by atoms with E-state index in [0.717, 1.165) is 62.4 Å². The molecule has 0 radical (unpaired) electrons. The van der Waals surface area contributed by atoms with E-state index in [1.54, 1.807) is 10.4 Å². The van der Waals surface area contributed by atoms with Gasteiger partial charge in [-0.3, -0.25) is 0 Å². The van der Waals surface area contributed by atoms with Crippen molar-refractivity contribution in [2.45, 2.75) is 50.0 Å². The average molecular weight is 440 g/mol. The smallest absolute Gasteiger partial charge is 0.244 e. The first-order valence-electron chi connectivity index (χ1n) is 11.2. The topological polar surface area (TPSA) is 71.3 Å². The number of benzene rings is 1. The molecule has 0 amide bonds. The molecule has 7 nitrogen and oxygen atoms in total. The van der Waals surface area contributed by atoms with Crippen LogP contribution in [0.4, 0.5) is 5.82 Å². The molecule has 1 aromatic carbocycles. The number of anilines is 1. The number of pyridine rings is 1. The van der Waals surface area contributed by atoms with Crippen molar-refractivity contribution >= 4 is 26.9 Å². The van der Waals surface area contributed by atoms with Crippen molar-refractivity contribution in [1.29, 1.82) is 0 Å². The van der Waals surface area contributed by atoms with Crippen LogP contribution in [0.3, 0.4) is 0 Å². The Morgan fingerprint density at radius 1 is 1.00 bits per heavy atom. The van der Waals surface area contributed by atoms with Gasteiger partial charge in [-0.15, -0.1) is 0 Å². The molecule has 31 heavy (non-hydrogen) atoms. The number of aryl methyl sites for hydroxylation is 1. The van der Waals surface area contributed by atoms with E-state index in [1.807, 2.05) is 12.1 Å². The lowest BCUT2D eigenvalue weighted by molar-refractivity contribution is 0.394. The van der Waals surface area contributed by atoms with Gasteiger partial charge in [0.15, 0.2) is 0 Å². The maximum absolute atomic E-state index is 12.7. The second-order valence-corrected chi connectivity index (χ2v) is 10.4. The minimum absolute atomic E-state index is 0.297. The van der Waals surface area contributed by atoms with E-state index >= 15 is 0 Å². The van der Waals surface area contributed by atoms with E-state index in [2.05, 4.69) is 39.6 Å². The molecule has 0 unspecified atom stereocenters. The first-order chi connectivity index (χ1) is 15.1. The lowest BCUT2D eigenvalue weighted by Crippen LogP contribution is -2.35. The van der Waals surface area contributed by atoms with Crippen LogP contribution in [0.25, 0.3) is 11.0 Å². The Morgan fingerprint density at radius 3 is 2.42 bits per heavy atom. The van der Waals surface area contributed by atoms with E-state index < -0.39 is 10.0 Å². The number of nitrogens with zero attached hydrogens (tertiary/aromatic N) is 5. The zero-order valence-corrected chi connectivity index (χ0v) is 18.8. The van der Waals surface area contributed by atoms with Crippen LogP contribution in [-0.2, 0) is 16.4 Å². The number of fused-ring (bicyclic) bond motifs is 1. The molecule has 0 aliphatic carbocycles. The van der Waals surface area contributed by atoms with Crippen LogP contribution in [0, 0.1) is 0 Å². The highest BCUT2D eigenvalue weighted by atomic mass is 32.2. The molecule has 2 fully saturated rings. The van der Waals surface area contributed by atoms with Crippen molar-refractivity contribution in [2.75, 3.05) is 31.1 Å². The van der Waals surface area contributed by atoms with Gasteiger partial charge in [-0.2, -0.15) is 4.31 Å². The van der Waals surface area contributed by atoms with Gasteiger partial charge < -0.3 is 9.47 Å². The van der Waals surface area contributed by atoms with Gasteiger partial charge in [0.1, 0.15) is 16.5 Å². The molecule has 2 aromatic heterocycles. The number of piperidine rings is 1. The number of para-hydroxylation sites is 2. The van der Waals surface area contributed by atoms with E-state index in [1.165, 1.54) is 11.7 Å². The Balaban J connectivity index is 1.30. The average Bonchev–Trinajstić information content (AvgIpc) is 3.48. The van der Waals surface area contributed by atoms with Crippen LogP contribution in [0.15, 0.2) is 47.5 Å². The first kappa shape index (κ1) is 20.5. The molecule has 2 saturated heterocycles. The van der Waals surface area contributed by atoms with Gasteiger partial charge in [0.25, 0.3) is 0 Å². The highest BCUT2D eigenvalue weighted by Crippen LogP contribution is 2.31. The van der Waals surface area contributed by atoms with Gasteiger partial charge >= 0.3 is 0 Å². The minimum atomic E-state index is -3.41. The van der Waals surface area contributed by atoms with Gasteiger partial charge in [0.2, 0.25) is 10.0 Å². The second kappa shape index (κ2) is 8.24. The Hall–Kier alpha value is -2.45. The number of hydrogen-bond acceptors (Lipinski definition) is 5. The van der Waals surface area contributed by atoms with Crippen molar-refractivity contribution in [3.8, 4) is 0 Å². The van der Waals surface area contributed by atoms with Gasteiger partial charge in [0, 0.05) is 44.8 Å². The molecule has 0 N–H and O–H groups in total. The fourth-order valence-electron chi connectivity index (χ4n) is 4.89. The summed E-state index contributed by atoms with van der Waals surface area (Å²) >= 11 is 0. The predicted octanol–water partition coefficient (Wildman–Crippen LogP) is 3.62. The van der Waals surface area contributed by atoms with Crippen LogP contribution in [0.5, 0.6) is 0 Å². The molecule has 5 rings (SSSR count). The monoisotopic (exact) mass is 439 g/mol. The lowest BCUT2D eigenvalue weighted by Gasteiger charge is -2.34. The minimum Gasteiger partial charge on any atom is -0.356 e. The Morgan fingerprint density at radius 2 is 1.74 bits per heavy atom. The Kier molecular flexibility index (Phi) is 5.44. The summed E-state index contributed by atoms with van der Waals surface area (Å²) in [4.78, 5) is 11.9. The van der Waals surface area contributed by atoms with Crippen molar-refractivity contribution in [3.05, 3.63) is 48.4 Å². The molecule has 0 bridgehead atoms. The van der Waals surface area contributed by atoms with Crippen LogP contribution in [-0.4, -0.2) is 53.4 Å². The summed E-state index contributed by atoms with van der Waals surface area (Å²) in [7, 11) is -3.41. The van der Waals surface area contributed by atoms with Crippen LogP contribution in [0.2, 0.25) is 0 Å². The fraction of sp³-hybridized carbons (Fsp3) is 0.478. The molecule has 0 atom stereocenters. The number of hydrogen-bond donors (Lipinski definition) is 0. The molecule has 2 aliphatic rings. The molecular weight excluding hydrogens is 410 g/mol. The maximum atomic E-state index is 12.7. The standard InChI is InChI=1S/C23H29N5O2S/c1-2-22-25-20-7-3-4-8-21(20)28(22)18-11-15-26(16-12-18)23-10-9-19(17-24-23)31(29,30)27-13-5-6-14-27/h3-4,7-10,17-18H,2,5-6,11-16H2,1H3. The summed E-state index contributed by atoms with van der Waals surface area (Å²) in [6.45, 7) is 5.17. The first-order valence-corrected chi connectivity index (χ1v) is 12.7. The van der Waals surface area contributed by atoms with E-state index in [0.29, 0.717) is 24.0 Å². The van der Waals surface area contributed by atoms with Crippen molar-refractivity contribution in [2.24, 2.45) is 0 Å². The van der Waals surface area contributed by atoms with Gasteiger partial charge in [0.05, 0.1) is 11.0 Å². The number of aromatic nitrogens is 3. The molecule has 2 aliphatic heterocycles. The largest absolute Gasteiger partial charge is 0.356 e. The molecule has 0 spiro atoms. The quantitative estimate of drug-likeness (QED) is 0.607. The highest BCUT2D eigenvalue weighted by Gasteiger charge is 2.28. The maximum Gasteiger partial charge on any atom is 0.244 e. The van der Waals surface area contributed by atoms with Gasteiger partial charge in [-0.05, 0) is 49.9 Å². The summed E-state index contributed by atoms with van der Waals surface area (Å²) in [5, 5.41) is 0. The van der Waals surface area contributed by atoms with E-state index in [9.17, 15) is 8.42 Å². The fourth-order valence-corrected chi connectivity index (χ4v) is 6.36. The van der Waals surface area contributed by atoms with Crippen molar-refractivity contribution in [3.63, 3.8) is 0 Å². The molecular formula is C23H29N5O2S. The summed E-state index contributed by atoms with van der Waals surface area (Å²) < 4.78 is 29.4. The summed E-state index contributed by atoms with van der Waals surface area (Å²) in [6, 6.07) is 12.4. The predicted molar refractivity (Wildman–Crippen MR) is 122 cm³/mol. The highest BCUT2D eigenvalue weighted by molar-refractivity contribution is 7.89. The lowest BCUT2D eigenvalue weighted by atomic mass is 10.0. The third-order valence-electron chi connectivity index (χ3n) is 6.56. The number of sulfonamides is 1. The third-order valence-corrected chi connectivity index (χ3v) is 8.44. The summed E-state index contributed by atoms with van der Waals surface area (Å²) in [5.41, 5.74) is 2.28. The molecule has 3 aromatic rings. The normalized spacial score (nSPS) is 18.8. The zero-order valence-electron chi connectivity index (χ0n) is 17.9. The second-order valence-electron chi connectivity index (χ2n) is 8.42. The zero-order chi connectivity index (χ0) is 21.4. The molecule has 164 valence electrons. The van der Waals surface area contributed by atoms with Crippen LogP contribution in [0.1, 0.15) is 44.5 Å². The van der Waals surface area contributed by atoms with Crippen molar-refractivity contribution < 1.29 is 8.42 Å². The van der Waals surface area contributed by atoms with Crippen LogP contribution >= 0.6 is 0 Å². The summed E-state index contributed by atoms with van der Waals surface area (Å²) in [6.07, 6.45) is 6.35. The SMILES string of the molecule is CCc1nc2ccccc2n1C1CCN(c2ccc(S(=O)(=O)N3CCCC3)cn2)CC1. The van der Waals surface area contributed by atoms with E-state index in [4.69, 9.17) is 4.98 Å². The summed E-state index contributed by atoms with van der Waals surface area (Å²) in [5.74, 6) is 2.00. The number of rotatable bonds is 5. The van der Waals surface area contributed by atoms with Gasteiger partial charge in [-0.25, -0.2) is 18.4 Å². The number of imidazole rings is 1.